The molecular formula is C17H10F8O2. The molecule has 0 aliphatic rings. The molecule has 27 heavy (non-hydrogen) atoms. The summed E-state index contributed by atoms with van der Waals surface area (Å²) in [5.74, 6) is -4.05. The van der Waals surface area contributed by atoms with E-state index >= 15 is 0 Å². The summed E-state index contributed by atoms with van der Waals surface area (Å²) in [6.07, 6.45) is -8.09. The second-order valence-electron chi connectivity index (χ2n) is 5.19. The summed E-state index contributed by atoms with van der Waals surface area (Å²) in [5, 5.41) is 0. The smallest absolute Gasteiger partial charge is 0.416 e. The average Bonchev–Trinajstić information content (AvgIpc) is 2.54. The van der Waals surface area contributed by atoms with Crippen LogP contribution in [0.1, 0.15) is 16.7 Å². The molecule has 0 fully saturated rings. The predicted octanol–water partition coefficient (Wildman–Crippen LogP) is 6.41. The molecule has 0 radical (unpaired) electrons. The maximum absolute atomic E-state index is 14.0. The van der Waals surface area contributed by atoms with Crippen molar-refractivity contribution in [1.82, 2.24) is 0 Å². The van der Waals surface area contributed by atoms with Gasteiger partial charge < -0.3 is 9.47 Å². The van der Waals surface area contributed by atoms with Crippen LogP contribution in [0.4, 0.5) is 35.1 Å². The minimum absolute atomic E-state index is 0.109. The fourth-order valence-electron chi connectivity index (χ4n) is 2.00. The van der Waals surface area contributed by atoms with Gasteiger partial charge in [-0.1, -0.05) is 0 Å². The number of hydrogen-bond donors (Lipinski definition) is 0. The molecule has 0 bridgehead atoms. The van der Waals surface area contributed by atoms with Crippen molar-refractivity contribution in [3.05, 3.63) is 64.9 Å². The second-order valence-corrected chi connectivity index (χ2v) is 5.19. The SMILES string of the molecule is CO/C=C\c1cc(F)c(Oc2cc(C(F)(F)F)cc(C(F)(F)F)c2)cc1F. The Kier molecular flexibility index (Phi) is 5.67. The van der Waals surface area contributed by atoms with Crippen LogP contribution in [0.25, 0.3) is 6.08 Å². The minimum Gasteiger partial charge on any atom is -0.504 e. The van der Waals surface area contributed by atoms with E-state index in [9.17, 15) is 35.1 Å². The van der Waals surface area contributed by atoms with Gasteiger partial charge in [-0.2, -0.15) is 26.3 Å². The van der Waals surface area contributed by atoms with Crippen LogP contribution in [-0.4, -0.2) is 7.11 Å². The van der Waals surface area contributed by atoms with E-state index in [0.717, 1.165) is 12.3 Å². The van der Waals surface area contributed by atoms with Crippen molar-refractivity contribution in [1.29, 1.82) is 0 Å². The zero-order valence-electron chi connectivity index (χ0n) is 13.4. The third-order valence-electron chi connectivity index (χ3n) is 3.22. The highest BCUT2D eigenvalue weighted by molar-refractivity contribution is 5.52. The molecule has 0 spiro atoms. The van der Waals surface area contributed by atoms with Crippen molar-refractivity contribution >= 4 is 6.08 Å². The number of methoxy groups -OCH3 is 1. The third-order valence-corrected chi connectivity index (χ3v) is 3.22. The molecular weight excluding hydrogens is 388 g/mol. The van der Waals surface area contributed by atoms with Gasteiger partial charge in [0.15, 0.2) is 11.6 Å². The zero-order valence-corrected chi connectivity index (χ0v) is 13.4. The third kappa shape index (κ3) is 5.11. The summed E-state index contributed by atoms with van der Waals surface area (Å²) in [4.78, 5) is 0. The summed E-state index contributed by atoms with van der Waals surface area (Å²) in [5.41, 5.74) is -3.55. The minimum atomic E-state index is -5.10. The van der Waals surface area contributed by atoms with Crippen molar-refractivity contribution in [3.63, 3.8) is 0 Å². The maximum Gasteiger partial charge on any atom is 0.416 e. The molecule has 10 heteroatoms. The first-order valence-electron chi connectivity index (χ1n) is 7.07. The molecule has 0 unspecified atom stereocenters. The van der Waals surface area contributed by atoms with Crippen LogP contribution in [0.2, 0.25) is 0 Å². The fraction of sp³-hybridized carbons (Fsp3) is 0.176. The summed E-state index contributed by atoms with van der Waals surface area (Å²) < 4.78 is 114. The Labute approximate surface area is 147 Å². The van der Waals surface area contributed by atoms with E-state index < -0.39 is 46.6 Å². The predicted molar refractivity (Wildman–Crippen MR) is 78.9 cm³/mol. The number of benzene rings is 2. The molecule has 0 aliphatic carbocycles. The van der Waals surface area contributed by atoms with Crippen LogP contribution in [0.5, 0.6) is 11.5 Å². The molecule has 2 aromatic rings. The van der Waals surface area contributed by atoms with Crippen molar-refractivity contribution in [2.75, 3.05) is 7.11 Å². The fourth-order valence-corrected chi connectivity index (χ4v) is 2.00. The van der Waals surface area contributed by atoms with Crippen molar-refractivity contribution in [2.24, 2.45) is 0 Å². The van der Waals surface area contributed by atoms with Crippen LogP contribution in [0, 0.1) is 11.6 Å². The van der Waals surface area contributed by atoms with E-state index in [2.05, 4.69) is 4.74 Å². The number of hydrogen-bond acceptors (Lipinski definition) is 2. The molecule has 0 saturated heterocycles. The van der Waals surface area contributed by atoms with E-state index in [1.54, 1.807) is 0 Å². The van der Waals surface area contributed by atoms with Gasteiger partial charge in [-0.05, 0) is 30.3 Å². The maximum atomic E-state index is 14.0. The average molecular weight is 398 g/mol. The van der Waals surface area contributed by atoms with E-state index in [4.69, 9.17) is 4.74 Å². The van der Waals surface area contributed by atoms with Crippen LogP contribution < -0.4 is 4.74 Å². The Bertz CT molecular complexity index is 821. The van der Waals surface area contributed by atoms with Crippen LogP contribution in [-0.2, 0) is 17.1 Å². The van der Waals surface area contributed by atoms with Gasteiger partial charge in [0, 0.05) is 11.6 Å². The van der Waals surface area contributed by atoms with Crippen LogP contribution >= 0.6 is 0 Å². The molecule has 0 aromatic heterocycles. The first-order chi connectivity index (χ1) is 12.4. The Morgan fingerprint density at radius 2 is 1.33 bits per heavy atom. The highest BCUT2D eigenvalue weighted by atomic mass is 19.4. The standard InChI is InChI=1S/C17H10F8O2/c1-26-3-2-9-4-14(19)15(8-13(9)18)27-12-6-10(16(20,21)22)5-11(7-12)17(23,24)25/h2-8H,1H3/b3-2-. The lowest BCUT2D eigenvalue weighted by atomic mass is 10.1. The monoisotopic (exact) mass is 398 g/mol. The van der Waals surface area contributed by atoms with E-state index in [1.165, 1.54) is 7.11 Å². The lowest BCUT2D eigenvalue weighted by molar-refractivity contribution is -0.143. The van der Waals surface area contributed by atoms with E-state index in [0.29, 0.717) is 12.1 Å². The zero-order chi connectivity index (χ0) is 20.4. The molecule has 0 N–H and O–H groups in total. The molecule has 0 saturated carbocycles. The molecule has 0 amide bonds. The van der Waals surface area contributed by atoms with E-state index in [-0.39, 0.29) is 23.8 Å². The molecule has 0 atom stereocenters. The van der Waals surface area contributed by atoms with Crippen LogP contribution in [0.3, 0.4) is 0 Å². The van der Waals surface area contributed by atoms with E-state index in [1.807, 2.05) is 0 Å². The van der Waals surface area contributed by atoms with Crippen molar-refractivity contribution < 1.29 is 44.6 Å². The molecule has 0 heterocycles. The van der Waals surface area contributed by atoms with Gasteiger partial charge in [-0.3, -0.25) is 0 Å². The topological polar surface area (TPSA) is 18.5 Å². The first-order valence-corrected chi connectivity index (χ1v) is 7.07. The highest BCUT2D eigenvalue weighted by Crippen LogP contribution is 2.39. The van der Waals surface area contributed by atoms with Crippen molar-refractivity contribution in [3.8, 4) is 11.5 Å². The largest absolute Gasteiger partial charge is 0.504 e. The van der Waals surface area contributed by atoms with Crippen molar-refractivity contribution in [2.45, 2.75) is 12.4 Å². The Morgan fingerprint density at radius 1 is 0.778 bits per heavy atom. The molecule has 146 valence electrons. The van der Waals surface area contributed by atoms with Gasteiger partial charge in [-0.15, -0.1) is 0 Å². The molecule has 2 aromatic carbocycles. The Morgan fingerprint density at radius 3 is 1.81 bits per heavy atom. The summed E-state index contributed by atoms with van der Waals surface area (Å²) >= 11 is 0. The lowest BCUT2D eigenvalue weighted by Crippen LogP contribution is -2.11. The normalized spacial score (nSPS) is 12.5. The van der Waals surface area contributed by atoms with Gasteiger partial charge in [0.2, 0.25) is 0 Å². The molecule has 2 rings (SSSR count). The quantitative estimate of drug-likeness (QED) is 0.438. The second kappa shape index (κ2) is 7.45. The number of halogens is 8. The highest BCUT2D eigenvalue weighted by Gasteiger charge is 2.37. The molecule has 2 nitrogen and oxygen atoms in total. The number of rotatable bonds is 4. The van der Waals surface area contributed by atoms with Gasteiger partial charge in [0.05, 0.1) is 24.5 Å². The first kappa shape index (κ1) is 20.5. The van der Waals surface area contributed by atoms with Gasteiger partial charge in [0.1, 0.15) is 11.6 Å². The number of ether oxygens (including phenoxy) is 2. The summed E-state index contributed by atoms with van der Waals surface area (Å²) in [6.45, 7) is 0. The summed E-state index contributed by atoms with van der Waals surface area (Å²) in [6, 6.07) is 1.55. The lowest BCUT2D eigenvalue weighted by Gasteiger charge is -2.15. The Hall–Kier alpha value is -2.78. The van der Waals surface area contributed by atoms with Gasteiger partial charge in [0.25, 0.3) is 0 Å². The Balaban J connectivity index is 2.48. The van der Waals surface area contributed by atoms with Gasteiger partial charge >= 0.3 is 12.4 Å². The van der Waals surface area contributed by atoms with Gasteiger partial charge in [-0.25, -0.2) is 8.78 Å². The van der Waals surface area contributed by atoms with Crippen LogP contribution in [0.15, 0.2) is 36.6 Å². The molecule has 0 aliphatic heterocycles. The summed E-state index contributed by atoms with van der Waals surface area (Å²) in [7, 11) is 1.26. The number of alkyl halides is 6.